The molecule has 4 aromatic carbocycles. The molecule has 0 radical (unpaired) electrons. The SMILES string of the molecule is CCCC1=CC[C]([Zr+2](=[C](c2ccccc2)c2ccccc2)[CH]2c3cc(CC)ccc3-c3ccc(CC)cc32)=C1.[Cl-].[Cl-]. The van der Waals surface area contributed by atoms with Crippen molar-refractivity contribution in [1.29, 1.82) is 0 Å². The zero-order chi connectivity index (χ0) is 26.8. The Balaban J connectivity index is 0.00000194. The van der Waals surface area contributed by atoms with Gasteiger partial charge in [-0.05, 0) is 0 Å². The molecule has 0 amide bonds. The van der Waals surface area contributed by atoms with Crippen LogP contribution in [0.1, 0.15) is 77.0 Å². The summed E-state index contributed by atoms with van der Waals surface area (Å²) in [4.78, 5) is 0. The first-order valence-electron chi connectivity index (χ1n) is 14.7. The van der Waals surface area contributed by atoms with Gasteiger partial charge in [0.1, 0.15) is 0 Å². The van der Waals surface area contributed by atoms with Crippen LogP contribution in [-0.4, -0.2) is 3.21 Å². The molecule has 0 saturated carbocycles. The molecule has 0 aliphatic heterocycles. The largest absolute Gasteiger partial charge is 1.00 e. The summed E-state index contributed by atoms with van der Waals surface area (Å²) in [5.74, 6) is 0. The number of benzene rings is 4. The van der Waals surface area contributed by atoms with Crippen LogP contribution in [0, 0.1) is 0 Å². The average Bonchev–Trinajstić information content (AvgIpc) is 3.58. The van der Waals surface area contributed by atoms with Gasteiger partial charge < -0.3 is 24.8 Å². The van der Waals surface area contributed by atoms with Crippen LogP contribution in [0.3, 0.4) is 0 Å². The molecule has 0 bridgehead atoms. The van der Waals surface area contributed by atoms with E-state index in [4.69, 9.17) is 0 Å². The Morgan fingerprint density at radius 2 is 1.20 bits per heavy atom. The second-order valence-electron chi connectivity index (χ2n) is 10.9. The van der Waals surface area contributed by atoms with Crippen LogP contribution in [0.15, 0.2) is 118 Å². The van der Waals surface area contributed by atoms with Gasteiger partial charge in [-0.15, -0.1) is 0 Å². The van der Waals surface area contributed by atoms with Gasteiger partial charge in [-0.1, -0.05) is 0 Å². The molecule has 0 fully saturated rings. The van der Waals surface area contributed by atoms with Crippen molar-refractivity contribution in [1.82, 2.24) is 0 Å². The van der Waals surface area contributed by atoms with Crippen molar-refractivity contribution in [2.45, 2.75) is 56.5 Å². The summed E-state index contributed by atoms with van der Waals surface area (Å²) in [6, 6.07) is 37.4. The van der Waals surface area contributed by atoms with Gasteiger partial charge in [-0.25, -0.2) is 0 Å². The maximum absolute atomic E-state index is 2.63. The molecule has 41 heavy (non-hydrogen) atoms. The second kappa shape index (κ2) is 14.2. The molecule has 2 aliphatic carbocycles. The predicted octanol–water partition coefficient (Wildman–Crippen LogP) is 3.79. The van der Waals surface area contributed by atoms with Crippen LogP contribution >= 0.6 is 0 Å². The van der Waals surface area contributed by atoms with Crippen LogP contribution in [0.5, 0.6) is 0 Å². The first-order chi connectivity index (χ1) is 19.2. The van der Waals surface area contributed by atoms with Crippen molar-refractivity contribution < 1.29 is 46.1 Å². The molecule has 4 aromatic rings. The predicted molar refractivity (Wildman–Crippen MR) is 164 cm³/mol. The second-order valence-corrected chi connectivity index (χ2v) is 17.2. The fourth-order valence-electron chi connectivity index (χ4n) is 6.52. The minimum absolute atomic E-state index is 0. The smallest absolute Gasteiger partial charge is 1.00 e. The number of halogens is 2. The molecule has 0 heterocycles. The third kappa shape index (κ3) is 6.24. The van der Waals surface area contributed by atoms with Crippen molar-refractivity contribution >= 4 is 3.21 Å². The van der Waals surface area contributed by atoms with Crippen molar-refractivity contribution in [3.63, 3.8) is 0 Å². The Hall–Kier alpha value is -2.31. The van der Waals surface area contributed by atoms with E-state index in [0.717, 1.165) is 19.3 Å². The standard InChI is InChI=1S/C17H17.C13H10.C8H11.2ClH.Zr/c1-3-12-5-7-16-14(9-12)11-15-10-13(4-2)6-8-17(15)16;1-3-7-12(8-4-1)11-13-9-5-2-6-10-13;1-2-5-8-6-3-4-7-8;;;/h5-11H,3-4H2,1-2H3;1-10H;6-7H,2-3,5H2,1H3;2*1H;/q;;;;;+2/p-2. The quantitative estimate of drug-likeness (QED) is 0.271. The van der Waals surface area contributed by atoms with Gasteiger partial charge in [0, 0.05) is 0 Å². The van der Waals surface area contributed by atoms with E-state index in [2.05, 4.69) is 130 Å². The normalized spacial score (nSPS) is 13.1. The van der Waals surface area contributed by atoms with E-state index < -0.39 is 21.3 Å². The van der Waals surface area contributed by atoms with Gasteiger partial charge in [0.25, 0.3) is 0 Å². The monoisotopic (exact) mass is 654 g/mol. The summed E-state index contributed by atoms with van der Waals surface area (Å²) in [6.07, 6.45) is 10.8. The molecule has 6 rings (SSSR count). The number of fused-ring (bicyclic) bond motifs is 3. The maximum Gasteiger partial charge on any atom is -1.00 e. The zero-order valence-electron chi connectivity index (χ0n) is 24.3. The molecule has 0 atom stereocenters. The van der Waals surface area contributed by atoms with E-state index in [1.165, 1.54) is 46.2 Å². The number of hydrogen-bond donors (Lipinski definition) is 0. The van der Waals surface area contributed by atoms with Crippen molar-refractivity contribution in [2.75, 3.05) is 0 Å². The van der Waals surface area contributed by atoms with Crippen molar-refractivity contribution in [3.8, 4) is 11.1 Å². The van der Waals surface area contributed by atoms with Gasteiger partial charge in [0.05, 0.1) is 0 Å². The summed E-state index contributed by atoms with van der Waals surface area (Å²) >= 11 is -2.63. The molecule has 0 saturated heterocycles. The fraction of sp³-hybridized carbons (Fsp3) is 0.237. The first-order valence-corrected chi connectivity index (χ1v) is 18.6. The van der Waals surface area contributed by atoms with Gasteiger partial charge in [-0.2, -0.15) is 0 Å². The Morgan fingerprint density at radius 1 is 0.683 bits per heavy atom. The summed E-state index contributed by atoms with van der Waals surface area (Å²) in [7, 11) is 0. The molecule has 3 heteroatoms. The van der Waals surface area contributed by atoms with E-state index in [0.29, 0.717) is 3.63 Å². The molecule has 0 N–H and O–H groups in total. The van der Waals surface area contributed by atoms with Crippen LogP contribution in [0.25, 0.3) is 11.1 Å². The summed E-state index contributed by atoms with van der Waals surface area (Å²) in [5, 5.41) is 0. The number of rotatable bonds is 8. The van der Waals surface area contributed by atoms with E-state index >= 15 is 0 Å². The van der Waals surface area contributed by atoms with E-state index in [-0.39, 0.29) is 24.8 Å². The third-order valence-corrected chi connectivity index (χ3v) is 16.7. The Kier molecular flexibility index (Phi) is 11.0. The van der Waals surface area contributed by atoms with Crippen LogP contribution < -0.4 is 24.8 Å². The van der Waals surface area contributed by atoms with Crippen LogP contribution in [0.4, 0.5) is 0 Å². The molecule has 0 unspecified atom stereocenters. The Labute approximate surface area is 266 Å². The number of allylic oxidation sites excluding steroid dienone is 4. The number of aryl methyl sites for hydroxylation is 2. The summed E-state index contributed by atoms with van der Waals surface area (Å²) in [5.41, 5.74) is 13.4. The summed E-state index contributed by atoms with van der Waals surface area (Å²) < 4.78 is 3.87. The minimum Gasteiger partial charge on any atom is -1.00 e. The topological polar surface area (TPSA) is 0 Å². The van der Waals surface area contributed by atoms with Gasteiger partial charge >= 0.3 is 244 Å². The van der Waals surface area contributed by atoms with Gasteiger partial charge in [0.15, 0.2) is 0 Å². The molecular weight excluding hydrogens is 619 g/mol. The van der Waals surface area contributed by atoms with Crippen molar-refractivity contribution in [3.05, 3.63) is 151 Å². The summed E-state index contributed by atoms with van der Waals surface area (Å²) in [6.45, 7) is 6.89. The molecule has 0 nitrogen and oxygen atoms in total. The van der Waals surface area contributed by atoms with Gasteiger partial charge in [-0.3, -0.25) is 0 Å². The van der Waals surface area contributed by atoms with Crippen LogP contribution in [0.2, 0.25) is 0 Å². The minimum atomic E-state index is -2.63. The fourth-order valence-corrected chi connectivity index (χ4v) is 15.6. The molecule has 0 aromatic heterocycles. The molecule has 2 aliphatic rings. The van der Waals surface area contributed by atoms with Crippen LogP contribution in [-0.2, 0) is 34.1 Å². The van der Waals surface area contributed by atoms with E-state index in [1.807, 2.05) is 0 Å². The zero-order valence-corrected chi connectivity index (χ0v) is 28.2. The maximum atomic E-state index is 2.63. The van der Waals surface area contributed by atoms with Crippen molar-refractivity contribution in [2.24, 2.45) is 0 Å². The molecular formula is C38H38Cl2Zr. The average molecular weight is 657 g/mol. The van der Waals surface area contributed by atoms with E-state index in [9.17, 15) is 0 Å². The number of hydrogen-bond acceptors (Lipinski definition) is 0. The Morgan fingerprint density at radius 3 is 1.66 bits per heavy atom. The van der Waals surface area contributed by atoms with Gasteiger partial charge in [0.2, 0.25) is 0 Å². The first kappa shape index (κ1) is 31.6. The van der Waals surface area contributed by atoms with E-state index in [1.54, 1.807) is 23.2 Å². The molecule has 0 spiro atoms. The third-order valence-electron chi connectivity index (χ3n) is 8.47. The Bertz CT molecular complexity index is 1500. The molecule has 208 valence electrons.